The number of aliphatic carboxylic acids is 1. The van der Waals surface area contributed by atoms with E-state index in [0.717, 1.165) is 12.0 Å². The van der Waals surface area contributed by atoms with Crippen LogP contribution >= 0.6 is 11.6 Å². The second-order valence-electron chi connectivity index (χ2n) is 6.74. The number of halogens is 1. The highest BCUT2D eigenvalue weighted by Crippen LogP contribution is 2.21. The molecule has 1 N–H and O–H groups in total. The molecule has 5 nitrogen and oxygen atoms in total. The topological polar surface area (TPSA) is 60.9 Å². The Morgan fingerprint density at radius 3 is 2.48 bits per heavy atom. The molecule has 3 rings (SSSR count). The lowest BCUT2D eigenvalue weighted by molar-refractivity contribution is -0.149. The van der Waals surface area contributed by atoms with Crippen LogP contribution < -0.4 is 0 Å². The van der Waals surface area contributed by atoms with Gasteiger partial charge in [-0.1, -0.05) is 60.1 Å². The van der Waals surface area contributed by atoms with Crippen LogP contribution in [0.25, 0.3) is 0 Å². The first-order chi connectivity index (χ1) is 13.0. The van der Waals surface area contributed by atoms with Crippen molar-refractivity contribution in [3.8, 4) is 0 Å². The van der Waals surface area contributed by atoms with Crippen LogP contribution in [0.3, 0.4) is 0 Å². The summed E-state index contributed by atoms with van der Waals surface area (Å²) in [6.07, 6.45) is 0.599. The number of hydrogen-bond acceptors (Lipinski definition) is 3. The molecule has 0 aromatic heterocycles. The van der Waals surface area contributed by atoms with Crippen LogP contribution in [0.15, 0.2) is 54.6 Å². The van der Waals surface area contributed by atoms with Gasteiger partial charge in [0, 0.05) is 31.2 Å². The second kappa shape index (κ2) is 9.02. The smallest absolute Gasteiger partial charge is 0.305 e. The molecule has 6 heteroatoms. The minimum absolute atomic E-state index is 0.142. The predicted molar refractivity (Wildman–Crippen MR) is 105 cm³/mol. The lowest BCUT2D eigenvalue weighted by Crippen LogP contribution is -2.57. The summed E-state index contributed by atoms with van der Waals surface area (Å²) in [7, 11) is 0. The molecule has 1 unspecified atom stereocenters. The van der Waals surface area contributed by atoms with E-state index in [0.29, 0.717) is 31.2 Å². The van der Waals surface area contributed by atoms with Gasteiger partial charge in [-0.25, -0.2) is 0 Å². The van der Waals surface area contributed by atoms with E-state index < -0.39 is 12.0 Å². The van der Waals surface area contributed by atoms with Crippen LogP contribution in [-0.2, 0) is 22.6 Å². The summed E-state index contributed by atoms with van der Waals surface area (Å²) >= 11 is 6.22. The molecule has 1 saturated heterocycles. The Balaban J connectivity index is 1.69. The predicted octanol–water partition coefficient (Wildman–Crippen LogP) is 3.07. The molecule has 1 atom stereocenters. The van der Waals surface area contributed by atoms with E-state index in [4.69, 9.17) is 11.6 Å². The fourth-order valence-electron chi connectivity index (χ4n) is 3.44. The van der Waals surface area contributed by atoms with Gasteiger partial charge in [-0.3, -0.25) is 14.5 Å². The molecule has 1 aliphatic rings. The zero-order valence-corrected chi connectivity index (χ0v) is 15.8. The van der Waals surface area contributed by atoms with E-state index in [-0.39, 0.29) is 12.3 Å². The Bertz CT molecular complexity index is 797. The van der Waals surface area contributed by atoms with Crippen LogP contribution in [0.5, 0.6) is 0 Å². The maximum absolute atomic E-state index is 13.0. The fourth-order valence-corrected chi connectivity index (χ4v) is 3.63. The summed E-state index contributed by atoms with van der Waals surface area (Å²) in [6, 6.07) is 16.8. The van der Waals surface area contributed by atoms with E-state index in [1.54, 1.807) is 11.0 Å². The van der Waals surface area contributed by atoms with Crippen LogP contribution in [0.4, 0.5) is 0 Å². The number of carboxylic acids is 1. The van der Waals surface area contributed by atoms with Crippen LogP contribution in [-0.4, -0.2) is 52.5 Å². The van der Waals surface area contributed by atoms with Crippen molar-refractivity contribution in [2.24, 2.45) is 0 Å². The van der Waals surface area contributed by atoms with Gasteiger partial charge in [0.1, 0.15) is 0 Å². The summed E-state index contributed by atoms with van der Waals surface area (Å²) in [5.41, 5.74) is 2.05. The number of amides is 1. The molecule has 1 heterocycles. The van der Waals surface area contributed by atoms with Gasteiger partial charge in [0.05, 0.1) is 12.5 Å². The normalized spacial score (nSPS) is 17.9. The lowest BCUT2D eigenvalue weighted by atomic mass is 10.0. The lowest BCUT2D eigenvalue weighted by Gasteiger charge is -2.40. The van der Waals surface area contributed by atoms with Crippen LogP contribution in [0, 0.1) is 0 Å². The highest BCUT2D eigenvalue weighted by Gasteiger charge is 2.36. The summed E-state index contributed by atoms with van der Waals surface area (Å²) in [5.74, 6) is -1.10. The highest BCUT2D eigenvalue weighted by molar-refractivity contribution is 6.31. The zero-order valence-electron chi connectivity index (χ0n) is 15.1. The van der Waals surface area contributed by atoms with Crippen molar-refractivity contribution in [2.75, 3.05) is 19.6 Å². The molecule has 1 amide bonds. The molecule has 1 aliphatic heterocycles. The van der Waals surface area contributed by atoms with Crippen molar-refractivity contribution in [1.29, 1.82) is 0 Å². The molecular formula is C21H23ClN2O3. The molecule has 0 bridgehead atoms. The number of hydrogen-bond donors (Lipinski definition) is 1. The molecule has 0 saturated carbocycles. The average molecular weight is 387 g/mol. The van der Waals surface area contributed by atoms with Gasteiger partial charge in [0.2, 0.25) is 5.91 Å². The number of carboxylic acid groups (broad SMARTS) is 1. The van der Waals surface area contributed by atoms with E-state index >= 15 is 0 Å². The first kappa shape index (κ1) is 19.4. The summed E-state index contributed by atoms with van der Waals surface area (Å²) < 4.78 is 0. The third-order valence-electron chi connectivity index (χ3n) is 4.91. The highest BCUT2D eigenvalue weighted by atomic mass is 35.5. The molecule has 0 radical (unpaired) electrons. The van der Waals surface area contributed by atoms with E-state index in [9.17, 15) is 14.7 Å². The molecular weight excluding hydrogens is 364 g/mol. The van der Waals surface area contributed by atoms with Gasteiger partial charge < -0.3 is 10.0 Å². The second-order valence-corrected chi connectivity index (χ2v) is 7.14. The van der Waals surface area contributed by atoms with Gasteiger partial charge in [-0.2, -0.15) is 0 Å². The average Bonchev–Trinajstić information content (AvgIpc) is 2.66. The molecule has 27 heavy (non-hydrogen) atoms. The summed E-state index contributed by atoms with van der Waals surface area (Å²) in [4.78, 5) is 28.0. The zero-order chi connectivity index (χ0) is 19.2. The van der Waals surface area contributed by atoms with Gasteiger partial charge in [0.15, 0.2) is 0 Å². The van der Waals surface area contributed by atoms with Crippen molar-refractivity contribution in [3.63, 3.8) is 0 Å². The molecule has 2 aromatic carbocycles. The number of piperazine rings is 1. The number of benzene rings is 2. The number of carbonyl (C=O) groups is 2. The molecule has 2 aromatic rings. The van der Waals surface area contributed by atoms with Crippen molar-refractivity contribution < 1.29 is 14.7 Å². The maximum Gasteiger partial charge on any atom is 0.305 e. The van der Waals surface area contributed by atoms with Crippen molar-refractivity contribution in [3.05, 3.63) is 70.7 Å². The third-order valence-corrected chi connectivity index (χ3v) is 5.28. The molecule has 142 valence electrons. The van der Waals surface area contributed by atoms with Gasteiger partial charge >= 0.3 is 5.97 Å². The molecule has 0 aliphatic carbocycles. The van der Waals surface area contributed by atoms with Crippen molar-refractivity contribution >= 4 is 23.5 Å². The summed E-state index contributed by atoms with van der Waals surface area (Å²) in [6.45, 7) is 2.28. The largest absolute Gasteiger partial charge is 0.481 e. The molecule has 1 fully saturated rings. The fraction of sp³-hybridized carbons (Fsp3) is 0.333. The quantitative estimate of drug-likeness (QED) is 0.794. The maximum atomic E-state index is 13.0. The Morgan fingerprint density at radius 1 is 1.07 bits per heavy atom. The number of carbonyl (C=O) groups excluding carboxylic acids is 1. The number of rotatable bonds is 7. The minimum atomic E-state index is -0.961. The first-order valence-electron chi connectivity index (χ1n) is 9.06. The third kappa shape index (κ3) is 5.08. The number of nitrogens with zero attached hydrogens (tertiary/aromatic N) is 2. The van der Waals surface area contributed by atoms with Crippen LogP contribution in [0.2, 0.25) is 5.02 Å². The van der Waals surface area contributed by atoms with Crippen molar-refractivity contribution in [2.45, 2.75) is 25.4 Å². The Hall–Kier alpha value is -2.37. The standard InChI is InChI=1S/C21H23ClN2O3/c22-18-9-5-4-8-17(18)15-24-13-12-23(19(21(24)27)14-20(25)26)11-10-16-6-2-1-3-7-16/h1-9,19H,10-15H2,(H,25,26). The van der Waals surface area contributed by atoms with Gasteiger partial charge in [0.25, 0.3) is 0 Å². The Labute approximate surface area is 164 Å². The molecule has 0 spiro atoms. The summed E-state index contributed by atoms with van der Waals surface area (Å²) in [5, 5.41) is 9.91. The SMILES string of the molecule is O=C(O)CC1C(=O)N(Cc2ccccc2Cl)CCN1CCc1ccccc1. The first-order valence-corrected chi connectivity index (χ1v) is 9.44. The van der Waals surface area contributed by atoms with E-state index in [1.807, 2.05) is 53.4 Å². The van der Waals surface area contributed by atoms with Gasteiger partial charge in [-0.05, 0) is 23.6 Å². The van der Waals surface area contributed by atoms with E-state index in [1.165, 1.54) is 5.56 Å². The minimum Gasteiger partial charge on any atom is -0.481 e. The van der Waals surface area contributed by atoms with Crippen LogP contribution in [0.1, 0.15) is 17.5 Å². The Morgan fingerprint density at radius 2 is 1.78 bits per heavy atom. The van der Waals surface area contributed by atoms with Crippen molar-refractivity contribution in [1.82, 2.24) is 9.80 Å². The monoisotopic (exact) mass is 386 g/mol. The van der Waals surface area contributed by atoms with Gasteiger partial charge in [-0.15, -0.1) is 0 Å². The Kier molecular flexibility index (Phi) is 6.48. The van der Waals surface area contributed by atoms with E-state index in [2.05, 4.69) is 0 Å².